The second kappa shape index (κ2) is 7.44. The third-order valence-electron chi connectivity index (χ3n) is 3.95. The van der Waals surface area contributed by atoms with Crippen molar-refractivity contribution < 1.29 is 14.7 Å². The SMILES string of the molecule is CON=Cc1ccc(OCC(O)(Cn2cncn2)C(C)(C)C)cc1. The molecule has 1 unspecified atom stereocenters. The maximum atomic E-state index is 11.1. The lowest BCUT2D eigenvalue weighted by Crippen LogP contribution is -2.51. The van der Waals surface area contributed by atoms with Gasteiger partial charge in [0, 0.05) is 0 Å². The lowest BCUT2D eigenvalue weighted by Gasteiger charge is -2.39. The van der Waals surface area contributed by atoms with Crippen molar-refractivity contribution >= 4 is 6.21 Å². The Hall–Kier alpha value is -2.41. The minimum absolute atomic E-state index is 0.141. The van der Waals surface area contributed by atoms with Crippen molar-refractivity contribution in [1.29, 1.82) is 0 Å². The van der Waals surface area contributed by atoms with E-state index in [0.29, 0.717) is 12.3 Å². The zero-order chi connectivity index (χ0) is 17.6. The smallest absolute Gasteiger partial charge is 0.137 e. The molecule has 0 saturated heterocycles. The van der Waals surface area contributed by atoms with Crippen LogP contribution in [0.3, 0.4) is 0 Å². The molecule has 0 amide bonds. The topological polar surface area (TPSA) is 81.8 Å². The standard InChI is InChI=1S/C17H24N4O3/c1-16(2,3)17(22,10-21-13-18-12-19-21)11-24-15-7-5-14(6-8-15)9-20-23-4/h5-9,12-13,22H,10-11H2,1-4H3. The molecule has 2 rings (SSSR count). The Bertz CT molecular complexity index is 647. The van der Waals surface area contributed by atoms with Crippen LogP contribution in [0.2, 0.25) is 0 Å². The van der Waals surface area contributed by atoms with E-state index in [4.69, 9.17) is 4.74 Å². The third kappa shape index (κ3) is 4.55. The van der Waals surface area contributed by atoms with Crippen LogP contribution in [0.25, 0.3) is 0 Å². The second-order valence-corrected chi connectivity index (χ2v) is 6.65. The summed E-state index contributed by atoms with van der Waals surface area (Å²) in [4.78, 5) is 8.57. The Morgan fingerprint density at radius 1 is 1.25 bits per heavy atom. The van der Waals surface area contributed by atoms with Crippen molar-refractivity contribution in [3.63, 3.8) is 0 Å². The van der Waals surface area contributed by atoms with Gasteiger partial charge in [0.15, 0.2) is 0 Å². The van der Waals surface area contributed by atoms with Gasteiger partial charge in [0.1, 0.15) is 37.7 Å². The molecule has 1 heterocycles. The maximum Gasteiger partial charge on any atom is 0.137 e. The Morgan fingerprint density at radius 3 is 2.50 bits per heavy atom. The molecule has 1 atom stereocenters. The quantitative estimate of drug-likeness (QED) is 0.620. The lowest BCUT2D eigenvalue weighted by atomic mass is 9.77. The summed E-state index contributed by atoms with van der Waals surface area (Å²) >= 11 is 0. The van der Waals surface area contributed by atoms with Crippen LogP contribution in [0.5, 0.6) is 5.75 Å². The largest absolute Gasteiger partial charge is 0.490 e. The third-order valence-corrected chi connectivity index (χ3v) is 3.95. The van der Waals surface area contributed by atoms with Crippen LogP contribution in [0.4, 0.5) is 0 Å². The van der Waals surface area contributed by atoms with Gasteiger partial charge in [-0.05, 0) is 35.2 Å². The number of hydrogen-bond acceptors (Lipinski definition) is 6. The molecule has 0 saturated carbocycles. The molecule has 0 aliphatic carbocycles. The van der Waals surface area contributed by atoms with E-state index in [1.807, 2.05) is 45.0 Å². The predicted molar refractivity (Wildman–Crippen MR) is 91.0 cm³/mol. The Morgan fingerprint density at radius 2 is 1.96 bits per heavy atom. The summed E-state index contributed by atoms with van der Waals surface area (Å²) in [5.74, 6) is 0.672. The van der Waals surface area contributed by atoms with Crippen molar-refractivity contribution in [3.8, 4) is 5.75 Å². The molecule has 0 bridgehead atoms. The molecule has 0 spiro atoms. The van der Waals surface area contributed by atoms with Gasteiger partial charge in [-0.25, -0.2) is 9.67 Å². The van der Waals surface area contributed by atoms with Gasteiger partial charge < -0.3 is 14.7 Å². The van der Waals surface area contributed by atoms with Gasteiger partial charge >= 0.3 is 0 Å². The Labute approximate surface area is 141 Å². The minimum Gasteiger partial charge on any atom is -0.490 e. The van der Waals surface area contributed by atoms with E-state index in [-0.39, 0.29) is 6.61 Å². The highest BCUT2D eigenvalue weighted by molar-refractivity contribution is 5.79. The van der Waals surface area contributed by atoms with Crippen molar-refractivity contribution in [2.45, 2.75) is 32.9 Å². The van der Waals surface area contributed by atoms with Crippen molar-refractivity contribution in [2.75, 3.05) is 13.7 Å². The van der Waals surface area contributed by atoms with Gasteiger partial charge in [-0.1, -0.05) is 25.9 Å². The highest BCUT2D eigenvalue weighted by Gasteiger charge is 2.41. The number of nitrogens with zero attached hydrogens (tertiary/aromatic N) is 4. The molecule has 0 aliphatic rings. The van der Waals surface area contributed by atoms with Gasteiger partial charge in [0.2, 0.25) is 0 Å². The van der Waals surface area contributed by atoms with E-state index in [1.54, 1.807) is 17.2 Å². The average Bonchev–Trinajstić information content (AvgIpc) is 3.03. The predicted octanol–water partition coefficient (Wildman–Crippen LogP) is 2.11. The fourth-order valence-corrected chi connectivity index (χ4v) is 2.05. The minimum atomic E-state index is -1.10. The van der Waals surface area contributed by atoms with Crippen LogP contribution in [-0.4, -0.2) is 45.4 Å². The molecule has 1 N–H and O–H groups in total. The highest BCUT2D eigenvalue weighted by Crippen LogP contribution is 2.32. The number of aromatic nitrogens is 3. The Balaban J connectivity index is 2.06. The van der Waals surface area contributed by atoms with Crippen molar-refractivity contribution in [3.05, 3.63) is 42.5 Å². The van der Waals surface area contributed by atoms with Crippen molar-refractivity contribution in [2.24, 2.45) is 10.6 Å². The van der Waals surface area contributed by atoms with Gasteiger partial charge in [-0.3, -0.25) is 0 Å². The molecule has 7 nitrogen and oxygen atoms in total. The number of benzene rings is 1. The molecule has 2 aromatic rings. The second-order valence-electron chi connectivity index (χ2n) is 6.65. The van der Waals surface area contributed by atoms with Crippen LogP contribution in [-0.2, 0) is 11.4 Å². The van der Waals surface area contributed by atoms with Crippen LogP contribution in [0.15, 0.2) is 42.1 Å². The summed E-state index contributed by atoms with van der Waals surface area (Å²) in [5, 5.41) is 18.9. The normalized spacial score (nSPS) is 14.5. The summed E-state index contributed by atoms with van der Waals surface area (Å²) in [5.41, 5.74) is -0.598. The molecule has 0 radical (unpaired) electrons. The van der Waals surface area contributed by atoms with Gasteiger partial charge in [-0.15, -0.1) is 0 Å². The fraction of sp³-hybridized carbons (Fsp3) is 0.471. The number of ether oxygens (including phenoxy) is 1. The van der Waals surface area contributed by atoms with Crippen LogP contribution in [0.1, 0.15) is 26.3 Å². The lowest BCUT2D eigenvalue weighted by molar-refractivity contribution is -0.101. The van der Waals surface area contributed by atoms with E-state index in [0.717, 1.165) is 5.56 Å². The first-order chi connectivity index (χ1) is 11.3. The summed E-state index contributed by atoms with van der Waals surface area (Å²) in [6.07, 6.45) is 4.64. The number of aliphatic hydroxyl groups is 1. The summed E-state index contributed by atoms with van der Waals surface area (Å²) < 4.78 is 7.43. The van der Waals surface area contributed by atoms with Crippen LogP contribution >= 0.6 is 0 Å². The molecule has 24 heavy (non-hydrogen) atoms. The van der Waals surface area contributed by atoms with Gasteiger partial charge in [-0.2, -0.15) is 5.10 Å². The van der Waals surface area contributed by atoms with E-state index in [1.165, 1.54) is 13.4 Å². The highest BCUT2D eigenvalue weighted by atomic mass is 16.6. The molecular weight excluding hydrogens is 308 g/mol. The fourth-order valence-electron chi connectivity index (χ4n) is 2.05. The first-order valence-electron chi connectivity index (χ1n) is 7.68. The molecule has 0 fully saturated rings. The molecule has 1 aromatic carbocycles. The monoisotopic (exact) mass is 332 g/mol. The van der Waals surface area contributed by atoms with Gasteiger partial charge in [0.25, 0.3) is 0 Å². The van der Waals surface area contributed by atoms with E-state index in [9.17, 15) is 5.11 Å². The molecular formula is C17H24N4O3. The van der Waals surface area contributed by atoms with Gasteiger partial charge in [0.05, 0.1) is 12.8 Å². The number of hydrogen-bond donors (Lipinski definition) is 1. The molecule has 7 heteroatoms. The first-order valence-corrected chi connectivity index (χ1v) is 7.68. The molecule has 0 aliphatic heterocycles. The average molecular weight is 332 g/mol. The Kier molecular flexibility index (Phi) is 5.56. The number of rotatable bonds is 7. The molecule has 1 aromatic heterocycles. The molecule has 130 valence electrons. The zero-order valence-electron chi connectivity index (χ0n) is 14.5. The number of oxime groups is 1. The van der Waals surface area contributed by atoms with Crippen LogP contribution in [0, 0.1) is 5.41 Å². The van der Waals surface area contributed by atoms with E-state index >= 15 is 0 Å². The van der Waals surface area contributed by atoms with E-state index < -0.39 is 11.0 Å². The zero-order valence-corrected chi connectivity index (χ0v) is 14.5. The summed E-state index contributed by atoms with van der Waals surface area (Å²) in [7, 11) is 1.50. The van der Waals surface area contributed by atoms with Crippen molar-refractivity contribution in [1.82, 2.24) is 14.8 Å². The maximum absolute atomic E-state index is 11.1. The summed E-state index contributed by atoms with van der Waals surface area (Å²) in [6, 6.07) is 7.39. The van der Waals surface area contributed by atoms with Crippen LogP contribution < -0.4 is 4.74 Å². The van der Waals surface area contributed by atoms with E-state index in [2.05, 4.69) is 20.1 Å². The first kappa shape index (κ1) is 17.9. The summed E-state index contributed by atoms with van der Waals surface area (Å²) in [6.45, 7) is 6.35.